The van der Waals surface area contributed by atoms with Crippen LogP contribution in [0, 0.1) is 0 Å². The fourth-order valence-electron chi connectivity index (χ4n) is 1.01. The Morgan fingerprint density at radius 3 is 3.14 bits per heavy atom. The van der Waals surface area contributed by atoms with E-state index in [-0.39, 0.29) is 5.91 Å². The molecule has 5 nitrogen and oxygen atoms in total. The molecule has 0 fully saturated rings. The normalized spacial score (nSPS) is 12.1. The summed E-state index contributed by atoms with van der Waals surface area (Å²) in [6, 6.07) is -0.548. The van der Waals surface area contributed by atoms with Gasteiger partial charge in [0.2, 0.25) is 5.91 Å². The summed E-state index contributed by atoms with van der Waals surface area (Å²) in [6.07, 6.45) is 5.36. The van der Waals surface area contributed by atoms with Crippen LogP contribution in [0.15, 0.2) is 25.0 Å². The number of rotatable bonds is 4. The maximum Gasteiger partial charge on any atom is 0.241 e. The van der Waals surface area contributed by atoms with Gasteiger partial charge >= 0.3 is 0 Å². The number of aromatic nitrogens is 2. The van der Waals surface area contributed by atoms with E-state index in [1.807, 2.05) is 0 Å². The van der Waals surface area contributed by atoms with Crippen LogP contribution in [0.3, 0.4) is 0 Å². The van der Waals surface area contributed by atoms with Gasteiger partial charge in [-0.25, -0.2) is 0 Å². The number of hydrogen-bond acceptors (Lipinski definition) is 3. The molecule has 76 valence electrons. The van der Waals surface area contributed by atoms with Gasteiger partial charge in [0.05, 0.1) is 17.9 Å². The van der Waals surface area contributed by atoms with Crippen LogP contribution < -0.4 is 11.1 Å². The fourth-order valence-corrected chi connectivity index (χ4v) is 1.01. The van der Waals surface area contributed by atoms with Crippen molar-refractivity contribution in [1.82, 2.24) is 9.78 Å². The summed E-state index contributed by atoms with van der Waals surface area (Å²) in [4.78, 5) is 11.4. The van der Waals surface area contributed by atoms with E-state index >= 15 is 0 Å². The van der Waals surface area contributed by atoms with Crippen molar-refractivity contribution in [3.8, 4) is 0 Å². The zero-order chi connectivity index (χ0) is 10.6. The van der Waals surface area contributed by atoms with Crippen LogP contribution in [0.25, 0.3) is 0 Å². The van der Waals surface area contributed by atoms with Crippen LogP contribution in [0.4, 0.5) is 5.69 Å². The van der Waals surface area contributed by atoms with Gasteiger partial charge in [0.1, 0.15) is 0 Å². The third-order valence-electron chi connectivity index (χ3n) is 1.73. The van der Waals surface area contributed by atoms with Gasteiger partial charge in [-0.1, -0.05) is 6.08 Å². The number of aryl methyl sites for hydroxylation is 1. The summed E-state index contributed by atoms with van der Waals surface area (Å²) in [5, 5.41) is 6.57. The molecule has 14 heavy (non-hydrogen) atoms. The Morgan fingerprint density at radius 2 is 2.64 bits per heavy atom. The standard InChI is InChI=1S/C9H14N4O/c1-3-4-8(10)9(14)12-7-5-11-13(2)6-7/h3,5-6,8H,1,4,10H2,2H3,(H,12,14). The quantitative estimate of drug-likeness (QED) is 0.675. The van der Waals surface area contributed by atoms with E-state index in [9.17, 15) is 4.79 Å². The van der Waals surface area contributed by atoms with E-state index in [1.54, 1.807) is 30.2 Å². The second-order valence-corrected chi connectivity index (χ2v) is 3.02. The van der Waals surface area contributed by atoms with Gasteiger partial charge in [0.25, 0.3) is 0 Å². The van der Waals surface area contributed by atoms with E-state index in [0.29, 0.717) is 12.1 Å². The van der Waals surface area contributed by atoms with Gasteiger partial charge in [-0.2, -0.15) is 5.10 Å². The molecular weight excluding hydrogens is 180 g/mol. The van der Waals surface area contributed by atoms with Crippen molar-refractivity contribution in [3.63, 3.8) is 0 Å². The minimum Gasteiger partial charge on any atom is -0.322 e. The Hall–Kier alpha value is -1.62. The highest BCUT2D eigenvalue weighted by atomic mass is 16.2. The monoisotopic (exact) mass is 194 g/mol. The second kappa shape index (κ2) is 4.57. The third-order valence-corrected chi connectivity index (χ3v) is 1.73. The zero-order valence-electron chi connectivity index (χ0n) is 8.10. The summed E-state index contributed by atoms with van der Waals surface area (Å²) >= 11 is 0. The zero-order valence-corrected chi connectivity index (χ0v) is 8.10. The molecule has 1 aromatic heterocycles. The summed E-state index contributed by atoms with van der Waals surface area (Å²) in [7, 11) is 1.78. The number of carbonyl (C=O) groups is 1. The second-order valence-electron chi connectivity index (χ2n) is 3.02. The molecule has 0 spiro atoms. The summed E-state index contributed by atoms with van der Waals surface area (Å²) in [5.41, 5.74) is 6.22. The lowest BCUT2D eigenvalue weighted by Gasteiger charge is -2.07. The highest BCUT2D eigenvalue weighted by Gasteiger charge is 2.11. The van der Waals surface area contributed by atoms with E-state index < -0.39 is 6.04 Å². The van der Waals surface area contributed by atoms with Crippen LogP contribution in [0.1, 0.15) is 6.42 Å². The van der Waals surface area contributed by atoms with Gasteiger partial charge in [-0.15, -0.1) is 6.58 Å². The van der Waals surface area contributed by atoms with Crippen molar-refractivity contribution in [2.45, 2.75) is 12.5 Å². The molecule has 0 aliphatic carbocycles. The lowest BCUT2D eigenvalue weighted by molar-refractivity contribution is -0.117. The molecule has 1 amide bonds. The predicted molar refractivity (Wildman–Crippen MR) is 54.6 cm³/mol. The number of anilines is 1. The molecule has 1 heterocycles. The van der Waals surface area contributed by atoms with E-state index in [4.69, 9.17) is 5.73 Å². The van der Waals surface area contributed by atoms with Gasteiger partial charge in [0, 0.05) is 13.2 Å². The molecule has 1 unspecified atom stereocenters. The minimum absolute atomic E-state index is 0.224. The van der Waals surface area contributed by atoms with Crippen LogP contribution in [0.5, 0.6) is 0 Å². The van der Waals surface area contributed by atoms with Gasteiger partial charge < -0.3 is 11.1 Å². The van der Waals surface area contributed by atoms with Crippen molar-refractivity contribution in [1.29, 1.82) is 0 Å². The van der Waals surface area contributed by atoms with Crippen molar-refractivity contribution >= 4 is 11.6 Å². The number of amides is 1. The third kappa shape index (κ3) is 2.70. The SMILES string of the molecule is C=CCC(N)C(=O)Nc1cnn(C)c1. The topological polar surface area (TPSA) is 72.9 Å². The molecule has 0 bridgehead atoms. The van der Waals surface area contributed by atoms with E-state index in [1.165, 1.54) is 0 Å². The molecule has 5 heteroatoms. The molecule has 0 aliphatic rings. The molecule has 0 aromatic carbocycles. The Kier molecular flexibility index (Phi) is 3.41. The minimum atomic E-state index is -0.548. The first-order valence-electron chi connectivity index (χ1n) is 4.29. The van der Waals surface area contributed by atoms with Gasteiger partial charge in [-0.3, -0.25) is 9.48 Å². The molecule has 0 saturated carbocycles. The largest absolute Gasteiger partial charge is 0.322 e. The first-order chi connectivity index (χ1) is 6.63. The first kappa shape index (κ1) is 10.5. The average molecular weight is 194 g/mol. The number of nitrogens with one attached hydrogen (secondary N) is 1. The molecule has 1 aromatic rings. The van der Waals surface area contributed by atoms with Crippen LogP contribution in [0.2, 0.25) is 0 Å². The summed E-state index contributed by atoms with van der Waals surface area (Å²) in [5.74, 6) is -0.224. The maximum absolute atomic E-state index is 11.4. The van der Waals surface area contributed by atoms with Crippen LogP contribution in [-0.4, -0.2) is 21.7 Å². The van der Waals surface area contributed by atoms with Crippen molar-refractivity contribution in [2.24, 2.45) is 12.8 Å². The predicted octanol–water partition coefficient (Wildman–Crippen LogP) is 0.262. The molecule has 3 N–H and O–H groups in total. The Bertz CT molecular complexity index is 331. The van der Waals surface area contributed by atoms with Gasteiger partial charge in [-0.05, 0) is 6.42 Å². The highest BCUT2D eigenvalue weighted by molar-refractivity contribution is 5.94. The summed E-state index contributed by atoms with van der Waals surface area (Å²) in [6.45, 7) is 3.52. The van der Waals surface area contributed by atoms with Crippen LogP contribution in [-0.2, 0) is 11.8 Å². The molecular formula is C9H14N4O. The number of hydrogen-bond donors (Lipinski definition) is 2. The molecule has 0 aliphatic heterocycles. The van der Waals surface area contributed by atoms with Crippen molar-refractivity contribution < 1.29 is 4.79 Å². The number of carbonyl (C=O) groups excluding carboxylic acids is 1. The maximum atomic E-state index is 11.4. The van der Waals surface area contributed by atoms with Crippen molar-refractivity contribution in [3.05, 3.63) is 25.0 Å². The highest BCUT2D eigenvalue weighted by Crippen LogP contribution is 2.04. The first-order valence-corrected chi connectivity index (χ1v) is 4.29. The number of nitrogens with zero attached hydrogens (tertiary/aromatic N) is 2. The molecule has 1 atom stereocenters. The fraction of sp³-hybridized carbons (Fsp3) is 0.333. The lowest BCUT2D eigenvalue weighted by Crippen LogP contribution is -2.34. The molecule has 0 radical (unpaired) electrons. The van der Waals surface area contributed by atoms with E-state index in [0.717, 1.165) is 0 Å². The van der Waals surface area contributed by atoms with Crippen LogP contribution >= 0.6 is 0 Å². The summed E-state index contributed by atoms with van der Waals surface area (Å²) < 4.78 is 1.61. The Labute approximate surface area is 82.6 Å². The average Bonchev–Trinajstić information content (AvgIpc) is 2.51. The number of nitrogens with two attached hydrogens (primary N) is 1. The Balaban J connectivity index is 2.52. The van der Waals surface area contributed by atoms with Crippen molar-refractivity contribution in [2.75, 3.05) is 5.32 Å². The molecule has 1 rings (SSSR count). The van der Waals surface area contributed by atoms with Gasteiger partial charge in [0.15, 0.2) is 0 Å². The van der Waals surface area contributed by atoms with E-state index in [2.05, 4.69) is 17.0 Å². The lowest BCUT2D eigenvalue weighted by atomic mass is 10.2. The smallest absolute Gasteiger partial charge is 0.241 e. The Morgan fingerprint density at radius 1 is 1.93 bits per heavy atom. The molecule has 0 saturated heterocycles.